The number of hydrogen-bond acceptors (Lipinski definition) is 2. The predicted octanol–water partition coefficient (Wildman–Crippen LogP) is 2.84. The quantitative estimate of drug-likeness (QED) is 0.915. The number of benzene rings is 2. The van der Waals surface area contributed by atoms with Crippen LogP contribution in [0.25, 0.3) is 0 Å². The third-order valence-electron chi connectivity index (χ3n) is 3.79. The molecule has 19 heavy (non-hydrogen) atoms. The Balaban J connectivity index is 1.88. The van der Waals surface area contributed by atoms with Crippen LogP contribution in [0.5, 0.6) is 0 Å². The van der Waals surface area contributed by atoms with Crippen molar-refractivity contribution in [2.75, 3.05) is 6.54 Å². The lowest BCUT2D eigenvalue weighted by atomic mass is 10.1. The molecular weight excluding hydrogens is 239 g/mol. The highest BCUT2D eigenvalue weighted by Gasteiger charge is 2.27. The lowest BCUT2D eigenvalue weighted by Gasteiger charge is -2.27. The maximum absolute atomic E-state index is 13.9. The van der Waals surface area contributed by atoms with E-state index in [1.165, 1.54) is 17.2 Å². The van der Waals surface area contributed by atoms with Crippen LogP contribution in [0, 0.1) is 5.82 Å². The first-order chi connectivity index (χ1) is 9.29. The van der Waals surface area contributed by atoms with Gasteiger partial charge in [0.15, 0.2) is 0 Å². The monoisotopic (exact) mass is 256 g/mol. The molecule has 1 atom stereocenters. The third kappa shape index (κ3) is 2.27. The molecule has 2 aromatic rings. The summed E-state index contributed by atoms with van der Waals surface area (Å²) in [6.45, 7) is 2.10. The van der Waals surface area contributed by atoms with Crippen LogP contribution in [-0.4, -0.2) is 11.4 Å². The highest BCUT2D eigenvalue weighted by molar-refractivity contribution is 5.32. The minimum absolute atomic E-state index is 0.0615. The van der Waals surface area contributed by atoms with Gasteiger partial charge in [0.25, 0.3) is 0 Å². The number of rotatable bonds is 3. The Labute approximate surface area is 112 Å². The first kappa shape index (κ1) is 12.3. The molecule has 0 saturated heterocycles. The van der Waals surface area contributed by atoms with E-state index >= 15 is 0 Å². The number of halogens is 1. The van der Waals surface area contributed by atoms with Gasteiger partial charge in [-0.1, -0.05) is 42.5 Å². The van der Waals surface area contributed by atoms with E-state index in [1.54, 1.807) is 6.07 Å². The van der Waals surface area contributed by atoms with Crippen LogP contribution in [0.4, 0.5) is 4.39 Å². The van der Waals surface area contributed by atoms with Gasteiger partial charge >= 0.3 is 0 Å². The van der Waals surface area contributed by atoms with Crippen molar-refractivity contribution in [3.63, 3.8) is 0 Å². The van der Waals surface area contributed by atoms with Crippen LogP contribution in [0.2, 0.25) is 0 Å². The van der Waals surface area contributed by atoms with Crippen LogP contribution < -0.4 is 5.73 Å². The highest BCUT2D eigenvalue weighted by atomic mass is 19.1. The number of hydrogen-bond donors (Lipinski definition) is 1. The second-order valence-corrected chi connectivity index (χ2v) is 4.95. The van der Waals surface area contributed by atoms with Crippen molar-refractivity contribution in [1.82, 2.24) is 4.90 Å². The Morgan fingerprint density at radius 2 is 1.58 bits per heavy atom. The average molecular weight is 256 g/mol. The molecule has 98 valence electrons. The molecule has 1 heterocycles. The van der Waals surface area contributed by atoms with E-state index in [1.807, 2.05) is 24.3 Å². The van der Waals surface area contributed by atoms with Gasteiger partial charge in [0.05, 0.1) is 6.04 Å². The molecular formula is C16H17FN2. The Kier molecular flexibility index (Phi) is 3.32. The standard InChI is InChI=1S/C16H17FN2/c17-15-8-4-3-7-14(15)16(9-18)19-10-12-5-1-2-6-13(12)11-19/h1-8,16H,9-11,18H2. The number of nitrogens with two attached hydrogens (primary N) is 1. The first-order valence-corrected chi connectivity index (χ1v) is 6.55. The summed E-state index contributed by atoms with van der Waals surface area (Å²) < 4.78 is 13.9. The summed E-state index contributed by atoms with van der Waals surface area (Å²) in [5, 5.41) is 0. The minimum Gasteiger partial charge on any atom is -0.329 e. The van der Waals surface area contributed by atoms with E-state index in [0.717, 1.165) is 13.1 Å². The third-order valence-corrected chi connectivity index (χ3v) is 3.79. The van der Waals surface area contributed by atoms with Crippen molar-refractivity contribution < 1.29 is 4.39 Å². The predicted molar refractivity (Wildman–Crippen MR) is 73.9 cm³/mol. The van der Waals surface area contributed by atoms with Crippen molar-refractivity contribution in [3.8, 4) is 0 Å². The van der Waals surface area contributed by atoms with Gasteiger partial charge < -0.3 is 5.73 Å². The molecule has 0 aliphatic carbocycles. The van der Waals surface area contributed by atoms with Gasteiger partial charge in [0, 0.05) is 25.2 Å². The zero-order chi connectivity index (χ0) is 13.2. The second kappa shape index (κ2) is 5.11. The van der Waals surface area contributed by atoms with E-state index in [2.05, 4.69) is 17.0 Å². The second-order valence-electron chi connectivity index (χ2n) is 4.95. The van der Waals surface area contributed by atoms with Crippen LogP contribution in [0.3, 0.4) is 0 Å². The van der Waals surface area contributed by atoms with E-state index in [9.17, 15) is 4.39 Å². The van der Waals surface area contributed by atoms with E-state index in [0.29, 0.717) is 12.1 Å². The summed E-state index contributed by atoms with van der Waals surface area (Å²) in [4.78, 5) is 2.24. The minimum atomic E-state index is -0.172. The fourth-order valence-electron chi connectivity index (χ4n) is 2.80. The molecule has 0 fully saturated rings. The van der Waals surface area contributed by atoms with Crippen molar-refractivity contribution in [2.45, 2.75) is 19.1 Å². The Morgan fingerprint density at radius 1 is 1.00 bits per heavy atom. The van der Waals surface area contributed by atoms with Crippen LogP contribution in [0.15, 0.2) is 48.5 Å². The maximum Gasteiger partial charge on any atom is 0.128 e. The van der Waals surface area contributed by atoms with Gasteiger partial charge in [-0.05, 0) is 17.2 Å². The van der Waals surface area contributed by atoms with Gasteiger partial charge in [-0.15, -0.1) is 0 Å². The Morgan fingerprint density at radius 3 is 2.16 bits per heavy atom. The number of fused-ring (bicyclic) bond motifs is 1. The molecule has 0 radical (unpaired) electrons. The fourth-order valence-corrected chi connectivity index (χ4v) is 2.80. The van der Waals surface area contributed by atoms with Gasteiger partial charge in [-0.25, -0.2) is 4.39 Å². The molecule has 0 spiro atoms. The Bertz CT molecular complexity index is 557. The van der Waals surface area contributed by atoms with E-state index < -0.39 is 0 Å². The Hall–Kier alpha value is -1.71. The lowest BCUT2D eigenvalue weighted by Crippen LogP contribution is -2.30. The largest absolute Gasteiger partial charge is 0.329 e. The fraction of sp³-hybridized carbons (Fsp3) is 0.250. The maximum atomic E-state index is 13.9. The van der Waals surface area contributed by atoms with Gasteiger partial charge in [-0.3, -0.25) is 4.90 Å². The highest BCUT2D eigenvalue weighted by Crippen LogP contribution is 2.31. The van der Waals surface area contributed by atoms with Crippen molar-refractivity contribution in [1.29, 1.82) is 0 Å². The summed E-state index contributed by atoms with van der Waals surface area (Å²) in [6.07, 6.45) is 0. The average Bonchev–Trinajstić information content (AvgIpc) is 2.85. The van der Waals surface area contributed by atoms with Crippen LogP contribution >= 0.6 is 0 Å². The van der Waals surface area contributed by atoms with Crippen LogP contribution in [-0.2, 0) is 13.1 Å². The molecule has 2 N–H and O–H groups in total. The lowest BCUT2D eigenvalue weighted by molar-refractivity contribution is 0.201. The van der Waals surface area contributed by atoms with E-state index in [4.69, 9.17) is 5.73 Å². The molecule has 2 nitrogen and oxygen atoms in total. The van der Waals surface area contributed by atoms with Crippen molar-refractivity contribution in [3.05, 3.63) is 71.0 Å². The molecule has 0 saturated carbocycles. The zero-order valence-corrected chi connectivity index (χ0v) is 10.7. The zero-order valence-electron chi connectivity index (χ0n) is 10.7. The SMILES string of the molecule is NCC(c1ccccc1F)N1Cc2ccccc2C1. The van der Waals surface area contributed by atoms with Crippen molar-refractivity contribution >= 4 is 0 Å². The first-order valence-electron chi connectivity index (χ1n) is 6.55. The molecule has 3 rings (SSSR count). The molecule has 0 bridgehead atoms. The summed E-state index contributed by atoms with van der Waals surface area (Å²) in [7, 11) is 0. The molecule has 1 unspecified atom stereocenters. The summed E-state index contributed by atoms with van der Waals surface area (Å²) in [5.41, 5.74) is 9.21. The topological polar surface area (TPSA) is 29.3 Å². The number of nitrogens with zero attached hydrogens (tertiary/aromatic N) is 1. The molecule has 1 aliphatic rings. The molecule has 2 aromatic carbocycles. The van der Waals surface area contributed by atoms with Crippen LogP contribution in [0.1, 0.15) is 22.7 Å². The smallest absolute Gasteiger partial charge is 0.128 e. The molecule has 0 aromatic heterocycles. The summed E-state index contributed by atoms with van der Waals surface area (Å²) in [6, 6.07) is 15.2. The summed E-state index contributed by atoms with van der Waals surface area (Å²) in [5.74, 6) is -0.172. The summed E-state index contributed by atoms with van der Waals surface area (Å²) >= 11 is 0. The van der Waals surface area contributed by atoms with Gasteiger partial charge in [-0.2, -0.15) is 0 Å². The van der Waals surface area contributed by atoms with E-state index in [-0.39, 0.29) is 11.9 Å². The van der Waals surface area contributed by atoms with Gasteiger partial charge in [0.2, 0.25) is 0 Å². The molecule has 1 aliphatic heterocycles. The molecule has 3 heteroatoms. The normalized spacial score (nSPS) is 16.3. The van der Waals surface area contributed by atoms with Crippen molar-refractivity contribution in [2.24, 2.45) is 5.73 Å². The molecule has 0 amide bonds. The van der Waals surface area contributed by atoms with Gasteiger partial charge in [0.1, 0.15) is 5.82 Å².